The molecule has 1 N–H and O–H groups in total. The van der Waals surface area contributed by atoms with Crippen LogP contribution in [0.25, 0.3) is 0 Å². The molecule has 0 spiro atoms. The van der Waals surface area contributed by atoms with Gasteiger partial charge in [-0.1, -0.05) is 23.9 Å². The van der Waals surface area contributed by atoms with Gasteiger partial charge in [0.1, 0.15) is 0 Å². The Labute approximate surface area is 209 Å². The highest BCUT2D eigenvalue weighted by Gasteiger charge is 2.33. The van der Waals surface area contributed by atoms with E-state index in [4.69, 9.17) is 9.84 Å². The van der Waals surface area contributed by atoms with Gasteiger partial charge in [0.05, 0.1) is 36.8 Å². The highest BCUT2D eigenvalue weighted by molar-refractivity contribution is 7.99. The quantitative estimate of drug-likeness (QED) is 0.484. The summed E-state index contributed by atoms with van der Waals surface area (Å²) >= 11 is 1.53. The van der Waals surface area contributed by atoms with Crippen LogP contribution in [-0.2, 0) is 10.9 Å². The Morgan fingerprint density at radius 1 is 0.853 bits per heavy atom. The van der Waals surface area contributed by atoms with Crippen molar-refractivity contribution in [3.05, 3.63) is 48.0 Å². The number of ether oxygens (including phenoxy) is 1. The maximum atomic E-state index is 13.4. The summed E-state index contributed by atoms with van der Waals surface area (Å²) < 4.78 is 45.5. The van der Waals surface area contributed by atoms with Crippen molar-refractivity contribution >= 4 is 35.5 Å². The summed E-state index contributed by atoms with van der Waals surface area (Å²) in [5.41, 5.74) is 1.01. The molecule has 10 heteroatoms. The largest absolute Gasteiger partial charge is 0.416 e. The number of hydrogen-bond acceptors (Lipinski definition) is 6. The smallest absolute Gasteiger partial charge is 0.394 e. The molecule has 0 bridgehead atoms. The van der Waals surface area contributed by atoms with Gasteiger partial charge in [-0.3, -0.25) is 4.90 Å². The molecule has 0 aromatic heterocycles. The van der Waals surface area contributed by atoms with Gasteiger partial charge in [-0.15, -0.1) is 12.4 Å². The second-order valence-corrected chi connectivity index (χ2v) is 9.36. The number of aliphatic hydroxyl groups is 1. The minimum absolute atomic E-state index is 0. The van der Waals surface area contributed by atoms with Crippen LogP contribution in [0.4, 0.5) is 24.5 Å². The summed E-state index contributed by atoms with van der Waals surface area (Å²) in [6, 6.07) is 12.0. The maximum absolute atomic E-state index is 13.4. The van der Waals surface area contributed by atoms with Gasteiger partial charge in [-0.25, -0.2) is 0 Å². The highest BCUT2D eigenvalue weighted by atomic mass is 35.5. The number of alkyl halides is 3. The lowest BCUT2D eigenvalue weighted by Crippen LogP contribution is -2.47. The van der Waals surface area contributed by atoms with Crippen molar-refractivity contribution in [2.75, 3.05) is 70.5 Å². The van der Waals surface area contributed by atoms with E-state index in [0.29, 0.717) is 25.4 Å². The molecule has 0 unspecified atom stereocenters. The van der Waals surface area contributed by atoms with Gasteiger partial charge in [0.25, 0.3) is 0 Å². The summed E-state index contributed by atoms with van der Waals surface area (Å²) in [5, 5.41) is 8.77. The molecule has 2 aliphatic rings. The van der Waals surface area contributed by atoms with Crippen LogP contribution in [0.3, 0.4) is 0 Å². The number of anilines is 2. The van der Waals surface area contributed by atoms with Gasteiger partial charge in [0, 0.05) is 49.1 Å². The average Bonchev–Trinajstić information content (AvgIpc) is 2.81. The van der Waals surface area contributed by atoms with Crippen LogP contribution in [-0.4, -0.2) is 80.5 Å². The molecule has 2 aromatic carbocycles. The van der Waals surface area contributed by atoms with E-state index < -0.39 is 11.7 Å². The van der Waals surface area contributed by atoms with Crippen LogP contribution in [0.2, 0.25) is 0 Å². The van der Waals surface area contributed by atoms with Crippen molar-refractivity contribution in [3.8, 4) is 0 Å². The van der Waals surface area contributed by atoms with E-state index in [1.807, 2.05) is 29.2 Å². The van der Waals surface area contributed by atoms with E-state index in [-0.39, 0.29) is 19.0 Å². The number of halogens is 4. The Morgan fingerprint density at radius 2 is 1.53 bits per heavy atom. The first-order valence-corrected chi connectivity index (χ1v) is 12.2. The van der Waals surface area contributed by atoms with Gasteiger partial charge >= 0.3 is 6.18 Å². The lowest BCUT2D eigenvalue weighted by atomic mass is 10.1. The van der Waals surface area contributed by atoms with E-state index in [1.165, 1.54) is 23.9 Å². The molecule has 4 rings (SSSR count). The SMILES string of the molecule is Cl.OCCOCCN1CCN(CCCN2c3ccccc3Sc3ccc(C(F)(F)F)cc32)CC1. The van der Waals surface area contributed by atoms with E-state index in [0.717, 1.165) is 61.2 Å². The topological polar surface area (TPSA) is 39.2 Å². The molecule has 1 saturated heterocycles. The summed E-state index contributed by atoms with van der Waals surface area (Å²) in [6.07, 6.45) is -3.49. The summed E-state index contributed by atoms with van der Waals surface area (Å²) in [6.45, 7) is 7.41. The average molecular weight is 518 g/mol. The van der Waals surface area contributed by atoms with Crippen LogP contribution in [0.5, 0.6) is 0 Å². The number of hydrogen-bond donors (Lipinski definition) is 1. The maximum Gasteiger partial charge on any atom is 0.416 e. The van der Waals surface area contributed by atoms with E-state index >= 15 is 0 Å². The molecule has 5 nitrogen and oxygen atoms in total. The summed E-state index contributed by atoms with van der Waals surface area (Å²) in [7, 11) is 0. The van der Waals surface area contributed by atoms with Crippen LogP contribution < -0.4 is 4.90 Å². The van der Waals surface area contributed by atoms with Gasteiger partial charge in [0.15, 0.2) is 0 Å². The molecule has 0 radical (unpaired) electrons. The van der Waals surface area contributed by atoms with Gasteiger partial charge < -0.3 is 19.6 Å². The zero-order valence-electron chi connectivity index (χ0n) is 19.0. The molecule has 2 heterocycles. The Morgan fingerprint density at radius 3 is 2.24 bits per heavy atom. The van der Waals surface area contributed by atoms with Crippen LogP contribution in [0.1, 0.15) is 12.0 Å². The first-order chi connectivity index (χ1) is 16.0. The molecule has 1 fully saturated rings. The Kier molecular flexibility index (Phi) is 9.94. The fraction of sp³-hybridized carbons (Fsp3) is 0.500. The predicted octanol–water partition coefficient (Wildman–Crippen LogP) is 4.75. The monoisotopic (exact) mass is 517 g/mol. The molecule has 0 amide bonds. The number of para-hydroxylation sites is 1. The lowest BCUT2D eigenvalue weighted by Gasteiger charge is -2.36. The van der Waals surface area contributed by atoms with Gasteiger partial charge in [0.2, 0.25) is 0 Å². The number of fused-ring (bicyclic) bond motifs is 2. The summed E-state index contributed by atoms with van der Waals surface area (Å²) in [4.78, 5) is 8.76. The second-order valence-electron chi connectivity index (χ2n) is 8.27. The third-order valence-corrected chi connectivity index (χ3v) is 7.19. The van der Waals surface area contributed by atoms with Crippen molar-refractivity contribution in [2.24, 2.45) is 0 Å². The summed E-state index contributed by atoms with van der Waals surface area (Å²) in [5.74, 6) is 0. The molecular weight excluding hydrogens is 487 g/mol. The van der Waals surface area contributed by atoms with Gasteiger partial charge in [-0.05, 0) is 43.3 Å². The first kappa shape index (κ1) is 27.1. The Hall–Kier alpha value is -1.49. The highest BCUT2D eigenvalue weighted by Crippen LogP contribution is 2.49. The predicted molar refractivity (Wildman–Crippen MR) is 132 cm³/mol. The van der Waals surface area contributed by atoms with Crippen molar-refractivity contribution < 1.29 is 23.0 Å². The second kappa shape index (κ2) is 12.5. The molecule has 2 aromatic rings. The first-order valence-electron chi connectivity index (χ1n) is 11.3. The number of aliphatic hydroxyl groups excluding tert-OH is 1. The number of benzene rings is 2. The lowest BCUT2D eigenvalue weighted by molar-refractivity contribution is -0.137. The molecule has 34 heavy (non-hydrogen) atoms. The third kappa shape index (κ3) is 6.80. The molecule has 188 valence electrons. The Balaban J connectivity index is 0.00000324. The molecule has 0 saturated carbocycles. The molecule has 2 aliphatic heterocycles. The Bertz CT molecular complexity index is 927. The van der Waals surface area contributed by atoms with Crippen molar-refractivity contribution in [3.63, 3.8) is 0 Å². The third-order valence-electron chi connectivity index (χ3n) is 6.06. The van der Waals surface area contributed by atoms with Crippen molar-refractivity contribution in [1.82, 2.24) is 9.80 Å². The minimum atomic E-state index is -4.36. The fourth-order valence-corrected chi connectivity index (χ4v) is 5.37. The standard InChI is InChI=1S/C24H30F3N3O2S.ClH/c25-24(26,27)19-6-7-23-21(18-19)30(20-4-1-2-5-22(20)33-23)9-3-8-28-10-12-29(13-11-28)14-16-32-17-15-31;/h1-2,4-7,18,31H,3,8-17H2;1H. The minimum Gasteiger partial charge on any atom is -0.394 e. The van der Waals surface area contributed by atoms with Crippen LogP contribution >= 0.6 is 24.2 Å². The van der Waals surface area contributed by atoms with E-state index in [9.17, 15) is 13.2 Å². The van der Waals surface area contributed by atoms with E-state index in [2.05, 4.69) is 9.80 Å². The molecular formula is C24H31ClF3N3O2S. The number of rotatable bonds is 9. The molecule has 0 aliphatic carbocycles. The number of piperazine rings is 1. The van der Waals surface area contributed by atoms with Crippen LogP contribution in [0.15, 0.2) is 52.3 Å². The zero-order chi connectivity index (χ0) is 23.3. The van der Waals surface area contributed by atoms with E-state index in [1.54, 1.807) is 6.07 Å². The fourth-order valence-electron chi connectivity index (χ4n) is 4.30. The van der Waals surface area contributed by atoms with Crippen LogP contribution in [0, 0.1) is 0 Å². The van der Waals surface area contributed by atoms with Gasteiger partial charge in [-0.2, -0.15) is 13.2 Å². The molecule has 0 atom stereocenters. The number of nitrogens with zero attached hydrogens (tertiary/aromatic N) is 3. The van der Waals surface area contributed by atoms with Crippen molar-refractivity contribution in [2.45, 2.75) is 22.4 Å². The van der Waals surface area contributed by atoms with Crippen molar-refractivity contribution in [1.29, 1.82) is 0 Å². The zero-order valence-corrected chi connectivity index (χ0v) is 20.6. The normalized spacial score (nSPS) is 16.6.